The lowest BCUT2D eigenvalue weighted by atomic mass is 9.98. The number of carbonyl (C=O) groups is 3. The maximum absolute atomic E-state index is 12.6. The lowest BCUT2D eigenvalue weighted by Crippen LogP contribution is -2.41. The minimum absolute atomic E-state index is 0.0995. The van der Waals surface area contributed by atoms with Gasteiger partial charge in [0, 0.05) is 12.0 Å². The first-order valence-corrected chi connectivity index (χ1v) is 11.6. The number of hydrogen-bond acceptors (Lipinski definition) is 5. The van der Waals surface area contributed by atoms with Gasteiger partial charge in [0.2, 0.25) is 5.76 Å². The molecule has 0 saturated carbocycles. The van der Waals surface area contributed by atoms with Gasteiger partial charge in [-0.25, -0.2) is 9.59 Å². The second kappa shape index (κ2) is 10.5. The molecular formula is C27H28N2O6. The van der Waals surface area contributed by atoms with Crippen LogP contribution in [-0.2, 0) is 9.53 Å². The Balaban J connectivity index is 1.39. The van der Waals surface area contributed by atoms with E-state index in [0.29, 0.717) is 12.3 Å². The summed E-state index contributed by atoms with van der Waals surface area (Å²) in [5.74, 6) is -1.84. The smallest absolute Gasteiger partial charge is 0.411 e. The zero-order valence-corrected chi connectivity index (χ0v) is 19.6. The van der Waals surface area contributed by atoms with E-state index >= 15 is 0 Å². The number of carbonyl (C=O) groups excluding carboxylic acids is 2. The first kappa shape index (κ1) is 24.1. The van der Waals surface area contributed by atoms with Crippen LogP contribution in [0.5, 0.6) is 0 Å². The molecule has 182 valence electrons. The van der Waals surface area contributed by atoms with Crippen molar-refractivity contribution in [2.75, 3.05) is 11.9 Å². The lowest BCUT2D eigenvalue weighted by molar-refractivity contribution is -0.139. The van der Waals surface area contributed by atoms with Crippen molar-refractivity contribution >= 4 is 23.7 Å². The molecule has 1 heterocycles. The Morgan fingerprint density at radius 3 is 2.20 bits per heavy atom. The van der Waals surface area contributed by atoms with Gasteiger partial charge in [0.25, 0.3) is 5.91 Å². The van der Waals surface area contributed by atoms with Crippen LogP contribution in [0.2, 0.25) is 0 Å². The fraction of sp³-hybridized carbons (Fsp3) is 0.296. The number of amides is 2. The van der Waals surface area contributed by atoms with E-state index < -0.39 is 24.0 Å². The summed E-state index contributed by atoms with van der Waals surface area (Å²) in [6.45, 7) is 4.07. The zero-order valence-electron chi connectivity index (χ0n) is 19.6. The molecule has 3 aromatic rings. The van der Waals surface area contributed by atoms with Crippen LogP contribution in [0, 0.1) is 5.92 Å². The molecule has 0 spiro atoms. The van der Waals surface area contributed by atoms with Gasteiger partial charge in [0.05, 0.1) is 12.0 Å². The van der Waals surface area contributed by atoms with Crippen molar-refractivity contribution in [3.05, 3.63) is 77.7 Å². The van der Waals surface area contributed by atoms with Gasteiger partial charge in [-0.05, 0) is 41.0 Å². The van der Waals surface area contributed by atoms with Gasteiger partial charge in [-0.15, -0.1) is 0 Å². The molecule has 1 aromatic heterocycles. The summed E-state index contributed by atoms with van der Waals surface area (Å²) in [5, 5.41) is 14.4. The third-order valence-corrected chi connectivity index (χ3v) is 6.09. The molecule has 0 radical (unpaired) electrons. The second-order valence-electron chi connectivity index (χ2n) is 8.95. The number of hydrogen-bond donors (Lipinski definition) is 3. The zero-order chi connectivity index (χ0) is 24.9. The highest BCUT2D eigenvalue weighted by molar-refractivity contribution is 6.01. The summed E-state index contributed by atoms with van der Waals surface area (Å²) in [5.41, 5.74) is 4.53. The fourth-order valence-corrected chi connectivity index (χ4v) is 4.31. The van der Waals surface area contributed by atoms with Crippen LogP contribution >= 0.6 is 0 Å². The summed E-state index contributed by atoms with van der Waals surface area (Å²) in [6.07, 6.45) is 1.43. The summed E-state index contributed by atoms with van der Waals surface area (Å²) < 4.78 is 10.7. The Hall–Kier alpha value is -4.07. The molecule has 2 amide bonds. The summed E-state index contributed by atoms with van der Waals surface area (Å²) in [6, 6.07) is 16.4. The highest BCUT2D eigenvalue weighted by Crippen LogP contribution is 2.44. The Morgan fingerprint density at radius 2 is 1.60 bits per heavy atom. The number of fused-ring (bicyclic) bond motifs is 3. The number of anilines is 1. The molecule has 8 nitrogen and oxygen atoms in total. The first-order valence-electron chi connectivity index (χ1n) is 11.6. The number of carboxylic acids is 1. The van der Waals surface area contributed by atoms with E-state index in [1.807, 2.05) is 50.2 Å². The quantitative estimate of drug-likeness (QED) is 0.388. The monoisotopic (exact) mass is 476 g/mol. The number of ether oxygens (including phenoxy) is 1. The van der Waals surface area contributed by atoms with Crippen molar-refractivity contribution < 1.29 is 28.6 Å². The van der Waals surface area contributed by atoms with Crippen LogP contribution in [0.4, 0.5) is 10.5 Å². The molecule has 0 fully saturated rings. The average Bonchev–Trinajstić information content (AvgIpc) is 3.42. The molecule has 0 saturated heterocycles. The van der Waals surface area contributed by atoms with Crippen molar-refractivity contribution in [2.24, 2.45) is 5.92 Å². The van der Waals surface area contributed by atoms with E-state index in [1.165, 1.54) is 12.3 Å². The first-order chi connectivity index (χ1) is 16.8. The third-order valence-electron chi connectivity index (χ3n) is 6.09. The van der Waals surface area contributed by atoms with Crippen molar-refractivity contribution in [3.8, 4) is 11.1 Å². The molecule has 2 aromatic carbocycles. The number of carboxylic acid groups (broad SMARTS) is 1. The van der Waals surface area contributed by atoms with Gasteiger partial charge in [0.15, 0.2) is 0 Å². The van der Waals surface area contributed by atoms with E-state index in [9.17, 15) is 19.5 Å². The number of nitrogens with one attached hydrogen (secondary N) is 2. The molecule has 35 heavy (non-hydrogen) atoms. The minimum Gasteiger partial charge on any atom is -0.480 e. The van der Waals surface area contributed by atoms with Gasteiger partial charge in [-0.1, -0.05) is 62.4 Å². The van der Waals surface area contributed by atoms with E-state index in [2.05, 4.69) is 22.8 Å². The molecule has 1 unspecified atom stereocenters. The summed E-state index contributed by atoms with van der Waals surface area (Å²) in [7, 11) is 0. The van der Waals surface area contributed by atoms with Crippen LogP contribution in [0.25, 0.3) is 11.1 Å². The number of rotatable bonds is 9. The fourth-order valence-electron chi connectivity index (χ4n) is 4.31. The minimum atomic E-state index is -1.13. The standard InChI is InChI=1S/C27H28N2O6/c1-16(2)11-12-23(26(31)32)28-25(30)24-22(13-14-34-24)29-27(33)35-15-21-19-9-5-3-7-17(19)18-8-4-6-10-20(18)21/h3-10,13-14,16,21,23H,11-12,15H2,1-2H3,(H,28,30)(H,29,33)(H,31,32). The van der Waals surface area contributed by atoms with E-state index in [4.69, 9.17) is 9.15 Å². The van der Waals surface area contributed by atoms with Crippen LogP contribution < -0.4 is 10.6 Å². The van der Waals surface area contributed by atoms with Crippen LogP contribution in [0.15, 0.2) is 65.3 Å². The third kappa shape index (κ3) is 5.37. The molecule has 1 aliphatic rings. The topological polar surface area (TPSA) is 118 Å². The molecule has 1 atom stereocenters. The maximum atomic E-state index is 12.6. The summed E-state index contributed by atoms with van der Waals surface area (Å²) in [4.78, 5) is 36.8. The van der Waals surface area contributed by atoms with Crippen LogP contribution in [0.1, 0.15) is 54.3 Å². The predicted molar refractivity (Wildman–Crippen MR) is 130 cm³/mol. The van der Waals surface area contributed by atoms with Gasteiger partial charge in [0.1, 0.15) is 12.6 Å². The van der Waals surface area contributed by atoms with Crippen molar-refractivity contribution in [3.63, 3.8) is 0 Å². The molecule has 0 aliphatic heterocycles. The number of aliphatic carboxylic acids is 1. The Labute approximate surface area is 203 Å². The Bertz CT molecular complexity index is 1190. The number of furan rings is 1. The second-order valence-corrected chi connectivity index (χ2v) is 8.95. The molecule has 0 bridgehead atoms. The highest BCUT2D eigenvalue weighted by Gasteiger charge is 2.29. The van der Waals surface area contributed by atoms with Crippen molar-refractivity contribution in [1.29, 1.82) is 0 Å². The van der Waals surface area contributed by atoms with Crippen LogP contribution in [-0.4, -0.2) is 35.7 Å². The van der Waals surface area contributed by atoms with Crippen molar-refractivity contribution in [2.45, 2.75) is 38.6 Å². The van der Waals surface area contributed by atoms with E-state index in [0.717, 1.165) is 22.3 Å². The van der Waals surface area contributed by atoms with E-state index in [-0.39, 0.29) is 30.4 Å². The van der Waals surface area contributed by atoms with Crippen LogP contribution in [0.3, 0.4) is 0 Å². The maximum Gasteiger partial charge on any atom is 0.411 e. The molecule has 4 rings (SSSR count). The predicted octanol–water partition coefficient (Wildman–Crippen LogP) is 5.26. The van der Waals surface area contributed by atoms with E-state index in [1.54, 1.807) is 0 Å². The molecular weight excluding hydrogens is 448 g/mol. The van der Waals surface area contributed by atoms with Crippen molar-refractivity contribution in [1.82, 2.24) is 5.32 Å². The summed E-state index contributed by atoms with van der Waals surface area (Å²) >= 11 is 0. The molecule has 8 heteroatoms. The molecule has 3 N–H and O–H groups in total. The highest BCUT2D eigenvalue weighted by atomic mass is 16.5. The lowest BCUT2D eigenvalue weighted by Gasteiger charge is -2.16. The Kier molecular flexibility index (Phi) is 7.19. The van der Waals surface area contributed by atoms with Gasteiger partial charge >= 0.3 is 12.1 Å². The Morgan fingerprint density at radius 1 is 0.971 bits per heavy atom. The SMILES string of the molecule is CC(C)CCC(NC(=O)c1occc1NC(=O)OCC1c2ccccc2-c2ccccc21)C(=O)O. The average molecular weight is 477 g/mol. The number of benzene rings is 2. The largest absolute Gasteiger partial charge is 0.480 e. The van der Waals surface area contributed by atoms with Gasteiger partial charge in [-0.2, -0.15) is 0 Å². The van der Waals surface area contributed by atoms with Gasteiger partial charge < -0.3 is 19.6 Å². The van der Waals surface area contributed by atoms with Gasteiger partial charge in [-0.3, -0.25) is 10.1 Å². The molecule has 1 aliphatic carbocycles. The normalized spacial score (nSPS) is 13.1.